The Labute approximate surface area is 219 Å². The Balaban J connectivity index is 1.37. The average Bonchev–Trinajstić information content (AvgIpc) is 2.90. The van der Waals surface area contributed by atoms with Gasteiger partial charge in [-0.25, -0.2) is 0 Å². The normalized spacial score (nSPS) is 25.8. The first-order valence-corrected chi connectivity index (χ1v) is 13.4. The van der Waals surface area contributed by atoms with Gasteiger partial charge in [0.25, 0.3) is 0 Å². The Hall–Kier alpha value is -2.15. The summed E-state index contributed by atoms with van der Waals surface area (Å²) in [6, 6.07) is 20.3. The first-order chi connectivity index (χ1) is 17.4. The Morgan fingerprint density at radius 2 is 1.75 bits per heavy atom. The number of benzene rings is 3. The van der Waals surface area contributed by atoms with E-state index >= 15 is 0 Å². The molecule has 0 spiro atoms. The van der Waals surface area contributed by atoms with Crippen LogP contribution >= 0.6 is 11.6 Å². The van der Waals surface area contributed by atoms with Crippen molar-refractivity contribution < 1.29 is 14.6 Å². The number of methoxy groups -OCH3 is 1. The van der Waals surface area contributed by atoms with Crippen molar-refractivity contribution in [3.63, 3.8) is 0 Å². The summed E-state index contributed by atoms with van der Waals surface area (Å²) in [4.78, 5) is 4.88. The lowest BCUT2D eigenvalue weighted by molar-refractivity contribution is -0.114. The summed E-state index contributed by atoms with van der Waals surface area (Å²) < 4.78 is 11.8. The lowest BCUT2D eigenvalue weighted by atomic mass is 9.70. The summed E-state index contributed by atoms with van der Waals surface area (Å²) in [6.07, 6.45) is 2.43. The fourth-order valence-corrected chi connectivity index (χ4v) is 5.95. The SMILES string of the molecule is COc1ccc2cc(C3(O)CCC(OCc4ccccc4Cl)CC3CN3CCN(C)CC3)ccc2c1. The average molecular weight is 509 g/mol. The number of hydrogen-bond donors (Lipinski definition) is 1. The lowest BCUT2D eigenvalue weighted by Gasteiger charge is -2.46. The van der Waals surface area contributed by atoms with Crippen molar-refractivity contribution in [3.8, 4) is 5.75 Å². The van der Waals surface area contributed by atoms with Gasteiger partial charge in [0.1, 0.15) is 5.75 Å². The zero-order valence-electron chi connectivity index (χ0n) is 21.3. The molecule has 6 heteroatoms. The van der Waals surface area contributed by atoms with Crippen LogP contribution in [0.2, 0.25) is 5.02 Å². The van der Waals surface area contributed by atoms with Gasteiger partial charge in [0.15, 0.2) is 0 Å². The summed E-state index contributed by atoms with van der Waals surface area (Å²) in [5, 5.41) is 15.2. The van der Waals surface area contributed by atoms with E-state index < -0.39 is 5.60 Å². The molecule has 3 aromatic rings. The third-order valence-corrected chi connectivity index (χ3v) is 8.49. The zero-order chi connectivity index (χ0) is 25.1. The van der Waals surface area contributed by atoms with Crippen molar-refractivity contribution in [2.24, 2.45) is 5.92 Å². The molecule has 1 N–H and O–H groups in total. The van der Waals surface area contributed by atoms with Crippen LogP contribution < -0.4 is 4.74 Å². The van der Waals surface area contributed by atoms with Crippen LogP contribution in [0.3, 0.4) is 0 Å². The molecule has 1 heterocycles. The number of fused-ring (bicyclic) bond motifs is 1. The van der Waals surface area contributed by atoms with Gasteiger partial charge in [-0.3, -0.25) is 0 Å². The highest BCUT2D eigenvalue weighted by atomic mass is 35.5. The van der Waals surface area contributed by atoms with Gasteiger partial charge in [0.2, 0.25) is 0 Å². The molecule has 1 saturated heterocycles. The summed E-state index contributed by atoms with van der Waals surface area (Å²) in [5.41, 5.74) is 1.13. The smallest absolute Gasteiger partial charge is 0.119 e. The van der Waals surface area contributed by atoms with Crippen LogP contribution in [-0.2, 0) is 16.9 Å². The van der Waals surface area contributed by atoms with Crippen LogP contribution in [0.5, 0.6) is 5.75 Å². The summed E-state index contributed by atoms with van der Waals surface area (Å²) in [5.74, 6) is 0.930. The number of likely N-dealkylation sites (N-methyl/N-ethyl adjacent to an activating group) is 1. The Morgan fingerprint density at radius 3 is 2.53 bits per heavy atom. The topological polar surface area (TPSA) is 45.2 Å². The quantitative estimate of drug-likeness (QED) is 0.468. The molecular formula is C30H37ClN2O3. The predicted octanol–water partition coefficient (Wildman–Crippen LogP) is 5.32. The van der Waals surface area contributed by atoms with Gasteiger partial charge in [0, 0.05) is 43.7 Å². The minimum atomic E-state index is -0.887. The highest BCUT2D eigenvalue weighted by Crippen LogP contribution is 2.44. The Bertz CT molecular complexity index is 1180. The summed E-state index contributed by atoms with van der Waals surface area (Å²) in [6.45, 7) is 5.57. The van der Waals surface area contributed by atoms with Crippen molar-refractivity contribution >= 4 is 22.4 Å². The van der Waals surface area contributed by atoms with Crippen molar-refractivity contribution in [3.05, 3.63) is 76.8 Å². The van der Waals surface area contributed by atoms with Crippen LogP contribution in [0.15, 0.2) is 60.7 Å². The van der Waals surface area contributed by atoms with Crippen LogP contribution in [0.25, 0.3) is 10.8 Å². The van der Waals surface area contributed by atoms with Crippen molar-refractivity contribution in [2.75, 3.05) is 46.9 Å². The minimum Gasteiger partial charge on any atom is -0.497 e. The molecule has 5 rings (SSSR count). The summed E-state index contributed by atoms with van der Waals surface area (Å²) in [7, 11) is 3.87. The Kier molecular flexibility index (Phi) is 7.85. The Morgan fingerprint density at radius 1 is 1.00 bits per heavy atom. The van der Waals surface area contributed by atoms with Gasteiger partial charge in [0.05, 0.1) is 25.4 Å². The molecule has 3 aromatic carbocycles. The van der Waals surface area contributed by atoms with Crippen molar-refractivity contribution in [2.45, 2.75) is 37.6 Å². The maximum atomic E-state index is 12.3. The fourth-order valence-electron chi connectivity index (χ4n) is 5.76. The van der Waals surface area contributed by atoms with Crippen LogP contribution in [0.1, 0.15) is 30.4 Å². The number of ether oxygens (including phenoxy) is 2. The monoisotopic (exact) mass is 508 g/mol. The van der Waals surface area contributed by atoms with Gasteiger partial charge in [-0.15, -0.1) is 0 Å². The maximum Gasteiger partial charge on any atom is 0.119 e. The molecule has 3 unspecified atom stereocenters. The van der Waals surface area contributed by atoms with Crippen LogP contribution in [-0.4, -0.2) is 67.9 Å². The number of piperazine rings is 1. The van der Waals surface area contributed by atoms with Gasteiger partial charge < -0.3 is 24.4 Å². The molecule has 2 fully saturated rings. The number of aliphatic hydroxyl groups is 1. The molecule has 3 atom stereocenters. The largest absolute Gasteiger partial charge is 0.497 e. The lowest BCUT2D eigenvalue weighted by Crippen LogP contribution is -2.52. The number of hydrogen-bond acceptors (Lipinski definition) is 5. The van der Waals surface area contributed by atoms with Gasteiger partial charge >= 0.3 is 0 Å². The van der Waals surface area contributed by atoms with E-state index in [0.29, 0.717) is 13.0 Å². The molecule has 0 aromatic heterocycles. The van der Waals surface area contributed by atoms with Gasteiger partial charge in [-0.1, -0.05) is 48.0 Å². The first kappa shape index (κ1) is 25.5. The van der Waals surface area contributed by atoms with E-state index in [1.807, 2.05) is 36.4 Å². The molecule has 36 heavy (non-hydrogen) atoms. The minimum absolute atomic E-state index is 0.0848. The van der Waals surface area contributed by atoms with Crippen LogP contribution in [0, 0.1) is 5.92 Å². The van der Waals surface area contributed by atoms with E-state index in [1.165, 1.54) is 0 Å². The second-order valence-corrected chi connectivity index (χ2v) is 10.9. The molecule has 1 saturated carbocycles. The highest BCUT2D eigenvalue weighted by Gasteiger charge is 2.44. The van der Waals surface area contributed by atoms with E-state index in [9.17, 15) is 5.11 Å². The van der Waals surface area contributed by atoms with Gasteiger partial charge in [-0.2, -0.15) is 0 Å². The van der Waals surface area contributed by atoms with E-state index in [1.54, 1.807) is 7.11 Å². The third kappa shape index (κ3) is 5.56. The molecule has 192 valence electrons. The molecule has 0 bridgehead atoms. The van der Waals surface area contributed by atoms with Crippen LogP contribution in [0.4, 0.5) is 0 Å². The number of rotatable bonds is 7. The third-order valence-electron chi connectivity index (χ3n) is 8.12. The molecule has 1 aliphatic heterocycles. The molecule has 0 radical (unpaired) electrons. The standard InChI is InChI=1S/C30H37ClN2O3/c1-32-13-15-33(16-14-32)20-26-19-28(36-21-24-5-3-4-6-29(24)31)11-12-30(26,34)25-9-7-23-18-27(35-2)10-8-22(23)17-25/h3-10,17-18,26,28,34H,11-16,19-21H2,1-2H3. The fraction of sp³-hybridized carbons (Fsp3) is 0.467. The van der Waals surface area contributed by atoms with Crippen molar-refractivity contribution in [1.82, 2.24) is 9.80 Å². The number of nitrogens with zero attached hydrogens (tertiary/aromatic N) is 2. The number of halogens is 1. The molecular weight excluding hydrogens is 472 g/mol. The molecule has 2 aliphatic rings. The van der Waals surface area contributed by atoms with Crippen molar-refractivity contribution in [1.29, 1.82) is 0 Å². The molecule has 0 amide bonds. The second kappa shape index (κ2) is 11.1. The second-order valence-electron chi connectivity index (χ2n) is 10.5. The van der Waals surface area contributed by atoms with E-state index in [4.69, 9.17) is 21.1 Å². The predicted molar refractivity (Wildman–Crippen MR) is 146 cm³/mol. The zero-order valence-corrected chi connectivity index (χ0v) is 22.1. The van der Waals surface area contributed by atoms with Gasteiger partial charge in [-0.05, 0) is 72.5 Å². The summed E-state index contributed by atoms with van der Waals surface area (Å²) >= 11 is 6.36. The molecule has 1 aliphatic carbocycles. The maximum absolute atomic E-state index is 12.3. The highest BCUT2D eigenvalue weighted by molar-refractivity contribution is 6.31. The van der Waals surface area contributed by atoms with E-state index in [2.05, 4.69) is 41.1 Å². The first-order valence-electron chi connectivity index (χ1n) is 13.0. The van der Waals surface area contributed by atoms with E-state index in [0.717, 1.165) is 78.2 Å². The molecule has 5 nitrogen and oxygen atoms in total. The van der Waals surface area contributed by atoms with E-state index in [-0.39, 0.29) is 12.0 Å².